The highest BCUT2D eigenvalue weighted by Gasteiger charge is 2.25. The molecule has 0 aromatic heterocycles. The van der Waals surface area contributed by atoms with Crippen molar-refractivity contribution in [2.24, 2.45) is 5.41 Å². The Labute approximate surface area is 100 Å². The molecule has 0 aromatic carbocycles. The molecular formula is C13H27N3. The molecule has 0 radical (unpaired) electrons. The van der Waals surface area contributed by atoms with Gasteiger partial charge in [0.05, 0.1) is 0 Å². The number of piperidine rings is 1. The quantitative estimate of drug-likeness (QED) is 0.773. The third-order valence-corrected chi connectivity index (χ3v) is 4.15. The van der Waals surface area contributed by atoms with E-state index in [-0.39, 0.29) is 0 Å². The lowest BCUT2D eigenvalue weighted by atomic mass is 9.83. The molecule has 3 nitrogen and oxygen atoms in total. The van der Waals surface area contributed by atoms with Gasteiger partial charge in [-0.15, -0.1) is 0 Å². The van der Waals surface area contributed by atoms with Crippen LogP contribution in [-0.2, 0) is 0 Å². The fourth-order valence-corrected chi connectivity index (χ4v) is 2.60. The number of hydrogen-bond donors (Lipinski definition) is 1. The molecule has 0 unspecified atom stereocenters. The zero-order valence-corrected chi connectivity index (χ0v) is 11.0. The maximum atomic E-state index is 3.41. The van der Waals surface area contributed by atoms with E-state index in [1.807, 2.05) is 0 Å². The van der Waals surface area contributed by atoms with Gasteiger partial charge in [0.25, 0.3) is 0 Å². The molecule has 16 heavy (non-hydrogen) atoms. The molecule has 0 spiro atoms. The van der Waals surface area contributed by atoms with E-state index in [0.29, 0.717) is 5.41 Å². The van der Waals surface area contributed by atoms with Crippen LogP contribution < -0.4 is 5.32 Å². The van der Waals surface area contributed by atoms with Crippen molar-refractivity contribution in [3.63, 3.8) is 0 Å². The van der Waals surface area contributed by atoms with Gasteiger partial charge in [-0.1, -0.05) is 13.8 Å². The Balaban J connectivity index is 1.63. The van der Waals surface area contributed by atoms with Gasteiger partial charge in [0.1, 0.15) is 0 Å². The summed E-state index contributed by atoms with van der Waals surface area (Å²) in [7, 11) is 0. The third kappa shape index (κ3) is 3.72. The van der Waals surface area contributed by atoms with E-state index in [0.717, 1.165) is 0 Å². The molecule has 0 bridgehead atoms. The summed E-state index contributed by atoms with van der Waals surface area (Å²) in [5.74, 6) is 0. The maximum Gasteiger partial charge on any atom is 0.0110 e. The fraction of sp³-hybridized carbons (Fsp3) is 1.00. The van der Waals surface area contributed by atoms with Gasteiger partial charge >= 0.3 is 0 Å². The zero-order valence-electron chi connectivity index (χ0n) is 11.0. The van der Waals surface area contributed by atoms with Gasteiger partial charge in [-0.25, -0.2) is 0 Å². The average molecular weight is 225 g/mol. The van der Waals surface area contributed by atoms with E-state index in [2.05, 4.69) is 29.0 Å². The van der Waals surface area contributed by atoms with Crippen molar-refractivity contribution in [3.8, 4) is 0 Å². The van der Waals surface area contributed by atoms with Crippen LogP contribution in [-0.4, -0.2) is 62.2 Å². The van der Waals surface area contributed by atoms with Gasteiger partial charge < -0.3 is 10.2 Å². The van der Waals surface area contributed by atoms with E-state index in [9.17, 15) is 0 Å². The lowest BCUT2D eigenvalue weighted by Gasteiger charge is -2.38. The highest BCUT2D eigenvalue weighted by Crippen LogP contribution is 2.29. The summed E-state index contributed by atoms with van der Waals surface area (Å²) in [5.41, 5.74) is 0.589. The van der Waals surface area contributed by atoms with Crippen LogP contribution in [0.5, 0.6) is 0 Å². The molecule has 0 amide bonds. The number of likely N-dealkylation sites (tertiary alicyclic amines) is 1. The Morgan fingerprint density at radius 1 is 0.875 bits per heavy atom. The molecule has 2 rings (SSSR count). The van der Waals surface area contributed by atoms with Crippen molar-refractivity contribution >= 4 is 0 Å². The third-order valence-electron chi connectivity index (χ3n) is 4.15. The Hall–Kier alpha value is -0.120. The Morgan fingerprint density at radius 2 is 1.38 bits per heavy atom. The van der Waals surface area contributed by atoms with E-state index < -0.39 is 0 Å². The fourth-order valence-electron chi connectivity index (χ4n) is 2.60. The molecule has 2 saturated heterocycles. The van der Waals surface area contributed by atoms with E-state index in [1.165, 1.54) is 65.2 Å². The molecule has 1 N–H and O–H groups in total. The minimum atomic E-state index is 0.589. The Bertz CT molecular complexity index is 199. The molecule has 0 aromatic rings. The van der Waals surface area contributed by atoms with Gasteiger partial charge in [-0.05, 0) is 31.3 Å². The molecule has 2 fully saturated rings. The van der Waals surface area contributed by atoms with E-state index >= 15 is 0 Å². The Morgan fingerprint density at radius 3 is 1.94 bits per heavy atom. The first kappa shape index (κ1) is 12.3. The van der Waals surface area contributed by atoms with Gasteiger partial charge in [0.2, 0.25) is 0 Å². The molecule has 0 saturated carbocycles. The lowest BCUT2D eigenvalue weighted by molar-refractivity contribution is 0.115. The van der Waals surface area contributed by atoms with Crippen LogP contribution in [0, 0.1) is 5.41 Å². The molecular weight excluding hydrogens is 198 g/mol. The maximum absolute atomic E-state index is 3.41. The predicted octanol–water partition coefficient (Wildman–Crippen LogP) is 1.01. The van der Waals surface area contributed by atoms with Crippen LogP contribution in [0.3, 0.4) is 0 Å². The monoisotopic (exact) mass is 225 g/mol. The van der Waals surface area contributed by atoms with Crippen molar-refractivity contribution < 1.29 is 0 Å². The van der Waals surface area contributed by atoms with Crippen LogP contribution in [0.4, 0.5) is 0 Å². The lowest BCUT2D eigenvalue weighted by Crippen LogP contribution is -2.47. The summed E-state index contributed by atoms with van der Waals surface area (Å²) in [5, 5.41) is 3.41. The van der Waals surface area contributed by atoms with Crippen molar-refractivity contribution in [1.82, 2.24) is 15.1 Å². The van der Waals surface area contributed by atoms with Crippen LogP contribution in [0.15, 0.2) is 0 Å². The van der Waals surface area contributed by atoms with Crippen LogP contribution in [0.1, 0.15) is 26.7 Å². The smallest absolute Gasteiger partial charge is 0.0110 e. The summed E-state index contributed by atoms with van der Waals surface area (Å²) in [4.78, 5) is 5.24. The molecule has 0 atom stereocenters. The molecule has 94 valence electrons. The summed E-state index contributed by atoms with van der Waals surface area (Å²) in [6.45, 7) is 14.8. The topological polar surface area (TPSA) is 18.5 Å². The standard InChI is InChI=1S/C13H27N3/c1-13(2)3-7-15(8-4-13)11-12-16-9-5-14-6-10-16/h14H,3-12H2,1-2H3. The van der Waals surface area contributed by atoms with Crippen molar-refractivity contribution in [1.29, 1.82) is 0 Å². The second kappa shape index (κ2) is 5.48. The van der Waals surface area contributed by atoms with Gasteiger partial charge in [0, 0.05) is 39.3 Å². The van der Waals surface area contributed by atoms with E-state index in [1.54, 1.807) is 0 Å². The summed E-state index contributed by atoms with van der Waals surface area (Å²) < 4.78 is 0. The number of nitrogens with one attached hydrogen (secondary N) is 1. The van der Waals surface area contributed by atoms with Crippen molar-refractivity contribution in [3.05, 3.63) is 0 Å². The summed E-state index contributed by atoms with van der Waals surface area (Å²) in [6.07, 6.45) is 2.74. The SMILES string of the molecule is CC1(C)CCN(CCN2CCNCC2)CC1. The number of hydrogen-bond acceptors (Lipinski definition) is 3. The summed E-state index contributed by atoms with van der Waals surface area (Å²) in [6, 6.07) is 0. The molecule has 2 aliphatic rings. The molecule has 3 heteroatoms. The highest BCUT2D eigenvalue weighted by atomic mass is 15.2. The first-order valence-corrected chi connectivity index (χ1v) is 6.81. The second-order valence-corrected chi connectivity index (χ2v) is 6.10. The van der Waals surface area contributed by atoms with Crippen molar-refractivity contribution in [2.75, 3.05) is 52.4 Å². The molecule has 2 heterocycles. The van der Waals surface area contributed by atoms with Crippen LogP contribution in [0.25, 0.3) is 0 Å². The van der Waals surface area contributed by atoms with Crippen molar-refractivity contribution in [2.45, 2.75) is 26.7 Å². The number of piperazine rings is 1. The first-order chi connectivity index (χ1) is 7.66. The first-order valence-electron chi connectivity index (χ1n) is 6.81. The Kier molecular flexibility index (Phi) is 4.22. The minimum absolute atomic E-state index is 0.589. The van der Waals surface area contributed by atoms with E-state index in [4.69, 9.17) is 0 Å². The number of rotatable bonds is 3. The highest BCUT2D eigenvalue weighted by molar-refractivity contribution is 4.79. The zero-order chi connectivity index (χ0) is 11.4. The molecule has 2 aliphatic heterocycles. The second-order valence-electron chi connectivity index (χ2n) is 6.10. The largest absolute Gasteiger partial charge is 0.314 e. The van der Waals surface area contributed by atoms with Gasteiger partial charge in [0.15, 0.2) is 0 Å². The van der Waals surface area contributed by atoms with Crippen LogP contribution >= 0.6 is 0 Å². The normalized spacial score (nSPS) is 28.1. The molecule has 0 aliphatic carbocycles. The summed E-state index contributed by atoms with van der Waals surface area (Å²) >= 11 is 0. The van der Waals surface area contributed by atoms with Gasteiger partial charge in [-0.2, -0.15) is 0 Å². The predicted molar refractivity (Wildman–Crippen MR) is 68.8 cm³/mol. The number of nitrogens with zero attached hydrogens (tertiary/aromatic N) is 2. The van der Waals surface area contributed by atoms with Crippen LogP contribution in [0.2, 0.25) is 0 Å². The average Bonchev–Trinajstić information content (AvgIpc) is 2.29. The van der Waals surface area contributed by atoms with Gasteiger partial charge in [-0.3, -0.25) is 4.90 Å². The minimum Gasteiger partial charge on any atom is -0.314 e.